The first kappa shape index (κ1) is 14.5. The molecule has 0 saturated heterocycles. The van der Waals surface area contributed by atoms with E-state index < -0.39 is 11.7 Å². The van der Waals surface area contributed by atoms with E-state index in [0.29, 0.717) is 12.0 Å². The summed E-state index contributed by atoms with van der Waals surface area (Å²) in [6.45, 7) is 1.93. The molecule has 2 nitrogen and oxygen atoms in total. The predicted octanol–water partition coefficient (Wildman–Crippen LogP) is 3.65. The molecule has 20 heavy (non-hydrogen) atoms. The van der Waals surface area contributed by atoms with Crippen LogP contribution >= 0.6 is 0 Å². The Morgan fingerprint density at radius 1 is 1.15 bits per heavy atom. The quantitative estimate of drug-likeness (QED) is 0.932. The van der Waals surface area contributed by atoms with Crippen LogP contribution < -0.4 is 5.73 Å². The summed E-state index contributed by atoms with van der Waals surface area (Å²) in [6.07, 6.45) is -2.14. The highest BCUT2D eigenvalue weighted by molar-refractivity contribution is 5.28. The second kappa shape index (κ2) is 5.63. The average Bonchev–Trinajstić information content (AvgIpc) is 2.40. The van der Waals surface area contributed by atoms with E-state index in [-0.39, 0.29) is 6.04 Å². The van der Waals surface area contributed by atoms with Crippen molar-refractivity contribution in [3.63, 3.8) is 0 Å². The lowest BCUT2D eigenvalue weighted by atomic mass is 9.99. The standard InChI is InChI=1S/C15H15F3N2/c1-10-3-2-8-20-14(10)9-13(19)11-4-6-12(7-5-11)15(16,17)18/h2-8,13H,9,19H2,1H3. The molecule has 0 spiro atoms. The predicted molar refractivity (Wildman–Crippen MR) is 71.1 cm³/mol. The van der Waals surface area contributed by atoms with E-state index in [9.17, 15) is 13.2 Å². The third-order valence-electron chi connectivity index (χ3n) is 3.20. The zero-order chi connectivity index (χ0) is 14.8. The molecule has 5 heteroatoms. The van der Waals surface area contributed by atoms with Gasteiger partial charge < -0.3 is 5.73 Å². The lowest BCUT2D eigenvalue weighted by Crippen LogP contribution is -2.15. The van der Waals surface area contributed by atoms with Gasteiger partial charge in [0, 0.05) is 24.4 Å². The van der Waals surface area contributed by atoms with E-state index in [2.05, 4.69) is 4.98 Å². The summed E-state index contributed by atoms with van der Waals surface area (Å²) in [4.78, 5) is 4.24. The highest BCUT2D eigenvalue weighted by Crippen LogP contribution is 2.30. The second-order valence-corrected chi connectivity index (χ2v) is 4.70. The van der Waals surface area contributed by atoms with Crippen LogP contribution in [0.1, 0.15) is 28.4 Å². The fraction of sp³-hybridized carbons (Fsp3) is 0.267. The third-order valence-corrected chi connectivity index (χ3v) is 3.20. The number of hydrogen-bond donors (Lipinski definition) is 1. The molecule has 2 N–H and O–H groups in total. The molecule has 2 rings (SSSR count). The Morgan fingerprint density at radius 2 is 1.80 bits per heavy atom. The Kier molecular flexibility index (Phi) is 4.09. The average molecular weight is 280 g/mol. The molecule has 1 unspecified atom stereocenters. The molecule has 0 aliphatic rings. The van der Waals surface area contributed by atoms with Gasteiger partial charge in [-0.15, -0.1) is 0 Å². The molecule has 1 aromatic carbocycles. The molecule has 1 atom stereocenters. The highest BCUT2D eigenvalue weighted by Gasteiger charge is 2.30. The van der Waals surface area contributed by atoms with Crippen molar-refractivity contribution in [2.45, 2.75) is 25.6 Å². The van der Waals surface area contributed by atoms with E-state index in [1.54, 1.807) is 6.20 Å². The van der Waals surface area contributed by atoms with Gasteiger partial charge >= 0.3 is 6.18 Å². The van der Waals surface area contributed by atoms with Crippen molar-refractivity contribution >= 4 is 0 Å². The van der Waals surface area contributed by atoms with Crippen molar-refractivity contribution in [2.75, 3.05) is 0 Å². The summed E-state index contributed by atoms with van der Waals surface area (Å²) in [5.41, 5.74) is 7.92. The second-order valence-electron chi connectivity index (χ2n) is 4.70. The zero-order valence-electron chi connectivity index (χ0n) is 11.0. The van der Waals surface area contributed by atoms with E-state index in [4.69, 9.17) is 5.73 Å². The largest absolute Gasteiger partial charge is 0.416 e. The molecule has 0 saturated carbocycles. The maximum absolute atomic E-state index is 12.5. The molecule has 1 heterocycles. The van der Waals surface area contributed by atoms with Gasteiger partial charge in [-0.05, 0) is 36.2 Å². The number of pyridine rings is 1. The van der Waals surface area contributed by atoms with Gasteiger partial charge in [-0.3, -0.25) is 4.98 Å². The molecule has 0 aliphatic carbocycles. The van der Waals surface area contributed by atoms with Gasteiger partial charge in [-0.25, -0.2) is 0 Å². The highest BCUT2D eigenvalue weighted by atomic mass is 19.4. The minimum absolute atomic E-state index is 0.370. The summed E-state index contributed by atoms with van der Waals surface area (Å²) >= 11 is 0. The molecule has 0 aliphatic heterocycles. The number of rotatable bonds is 3. The Labute approximate surface area is 115 Å². The van der Waals surface area contributed by atoms with Crippen LogP contribution in [0.25, 0.3) is 0 Å². The Bertz CT molecular complexity index is 576. The van der Waals surface area contributed by atoms with Gasteiger partial charge in [0.2, 0.25) is 0 Å². The Hall–Kier alpha value is -1.88. The summed E-state index contributed by atoms with van der Waals surface area (Å²) < 4.78 is 37.4. The molecule has 0 amide bonds. The molecule has 2 aromatic rings. The normalized spacial score (nSPS) is 13.2. The monoisotopic (exact) mass is 280 g/mol. The van der Waals surface area contributed by atoms with Gasteiger partial charge in [0.15, 0.2) is 0 Å². The Balaban J connectivity index is 2.14. The number of hydrogen-bond acceptors (Lipinski definition) is 2. The number of nitrogens with zero attached hydrogens (tertiary/aromatic N) is 1. The van der Waals surface area contributed by atoms with Crippen molar-refractivity contribution < 1.29 is 13.2 Å². The van der Waals surface area contributed by atoms with Crippen molar-refractivity contribution in [1.29, 1.82) is 0 Å². The van der Waals surface area contributed by atoms with Crippen molar-refractivity contribution in [3.05, 3.63) is 65.0 Å². The van der Waals surface area contributed by atoms with Crippen LogP contribution in [0.3, 0.4) is 0 Å². The topological polar surface area (TPSA) is 38.9 Å². The van der Waals surface area contributed by atoms with Crippen LogP contribution in [0.15, 0.2) is 42.6 Å². The number of nitrogens with two attached hydrogens (primary N) is 1. The van der Waals surface area contributed by atoms with Crippen molar-refractivity contribution in [2.24, 2.45) is 5.73 Å². The van der Waals surface area contributed by atoms with Gasteiger partial charge in [-0.2, -0.15) is 13.2 Å². The van der Waals surface area contributed by atoms with E-state index in [1.807, 2.05) is 19.1 Å². The Morgan fingerprint density at radius 3 is 2.35 bits per heavy atom. The van der Waals surface area contributed by atoms with Crippen LogP contribution in [0.4, 0.5) is 13.2 Å². The molecule has 0 radical (unpaired) electrons. The minimum Gasteiger partial charge on any atom is -0.324 e. The van der Waals surface area contributed by atoms with E-state index in [1.165, 1.54) is 12.1 Å². The summed E-state index contributed by atoms with van der Waals surface area (Å²) in [6, 6.07) is 8.36. The lowest BCUT2D eigenvalue weighted by molar-refractivity contribution is -0.137. The number of aryl methyl sites for hydroxylation is 1. The summed E-state index contributed by atoms with van der Waals surface area (Å²) in [5, 5.41) is 0. The maximum Gasteiger partial charge on any atom is 0.416 e. The molecule has 0 fully saturated rings. The first-order valence-corrected chi connectivity index (χ1v) is 6.21. The van der Waals surface area contributed by atoms with Crippen molar-refractivity contribution in [1.82, 2.24) is 4.98 Å². The van der Waals surface area contributed by atoms with Gasteiger partial charge in [-0.1, -0.05) is 18.2 Å². The molecule has 1 aromatic heterocycles. The first-order valence-electron chi connectivity index (χ1n) is 6.21. The number of alkyl halides is 3. The number of aromatic nitrogens is 1. The lowest BCUT2D eigenvalue weighted by Gasteiger charge is -2.14. The van der Waals surface area contributed by atoms with Crippen LogP contribution in [0.2, 0.25) is 0 Å². The molecule has 106 valence electrons. The smallest absolute Gasteiger partial charge is 0.324 e. The van der Waals surface area contributed by atoms with E-state index >= 15 is 0 Å². The molecule has 0 bridgehead atoms. The summed E-state index contributed by atoms with van der Waals surface area (Å²) in [5.74, 6) is 0. The number of benzene rings is 1. The fourth-order valence-electron chi connectivity index (χ4n) is 1.98. The van der Waals surface area contributed by atoms with E-state index in [0.717, 1.165) is 23.4 Å². The van der Waals surface area contributed by atoms with Crippen LogP contribution in [0, 0.1) is 6.92 Å². The minimum atomic E-state index is -4.32. The van der Waals surface area contributed by atoms with Gasteiger partial charge in [0.1, 0.15) is 0 Å². The van der Waals surface area contributed by atoms with Gasteiger partial charge in [0.25, 0.3) is 0 Å². The first-order chi connectivity index (χ1) is 9.38. The molecular weight excluding hydrogens is 265 g/mol. The van der Waals surface area contributed by atoms with Crippen LogP contribution in [-0.4, -0.2) is 4.98 Å². The summed E-state index contributed by atoms with van der Waals surface area (Å²) in [7, 11) is 0. The zero-order valence-corrected chi connectivity index (χ0v) is 11.0. The third kappa shape index (κ3) is 3.36. The van der Waals surface area contributed by atoms with Crippen LogP contribution in [-0.2, 0) is 12.6 Å². The molecular formula is C15H15F3N2. The fourth-order valence-corrected chi connectivity index (χ4v) is 1.98. The van der Waals surface area contributed by atoms with Crippen molar-refractivity contribution in [3.8, 4) is 0 Å². The maximum atomic E-state index is 12.5. The number of halogens is 3. The van der Waals surface area contributed by atoms with Crippen LogP contribution in [0.5, 0.6) is 0 Å². The SMILES string of the molecule is Cc1cccnc1CC(N)c1ccc(C(F)(F)F)cc1. The van der Waals surface area contributed by atoms with Gasteiger partial charge in [0.05, 0.1) is 5.56 Å².